The third-order valence-corrected chi connectivity index (χ3v) is 2.84. The van der Waals surface area contributed by atoms with E-state index in [0.29, 0.717) is 6.54 Å². The zero-order valence-corrected chi connectivity index (χ0v) is 9.95. The van der Waals surface area contributed by atoms with E-state index in [1.54, 1.807) is 6.20 Å². The summed E-state index contributed by atoms with van der Waals surface area (Å²) in [5.74, 6) is -4.77. The molecule has 98 valence electrons. The van der Waals surface area contributed by atoms with Crippen LogP contribution in [0, 0.1) is 6.92 Å². The Morgan fingerprint density at radius 3 is 3.00 bits per heavy atom. The summed E-state index contributed by atoms with van der Waals surface area (Å²) < 4.78 is 30.3. The average molecular weight is 256 g/mol. The number of aromatic nitrogens is 1. The topological polar surface area (TPSA) is 51.2 Å². The van der Waals surface area contributed by atoms with Gasteiger partial charge in [0.25, 0.3) is 0 Å². The normalized spacial score (nSPS) is 21.9. The summed E-state index contributed by atoms with van der Waals surface area (Å²) in [5.41, 5.74) is 1.88. The van der Waals surface area contributed by atoms with Gasteiger partial charge in [0.15, 0.2) is 0 Å². The van der Waals surface area contributed by atoms with Gasteiger partial charge in [0.1, 0.15) is 6.10 Å². The maximum absolute atomic E-state index is 12.9. The fourth-order valence-electron chi connectivity index (χ4n) is 1.82. The molecule has 0 aliphatic carbocycles. The molecule has 2 rings (SSSR count). The zero-order valence-electron chi connectivity index (χ0n) is 9.95. The van der Waals surface area contributed by atoms with Crippen LogP contribution in [0.25, 0.3) is 0 Å². The van der Waals surface area contributed by atoms with Crippen molar-refractivity contribution >= 4 is 5.97 Å². The number of pyridine rings is 1. The highest BCUT2D eigenvalue weighted by Crippen LogP contribution is 2.30. The number of carbonyl (C=O) groups is 1. The lowest BCUT2D eigenvalue weighted by atomic mass is 10.2. The van der Waals surface area contributed by atoms with E-state index in [4.69, 9.17) is 0 Å². The highest BCUT2D eigenvalue weighted by molar-refractivity contribution is 5.79. The Labute approximate surface area is 103 Å². The van der Waals surface area contributed by atoms with Crippen molar-refractivity contribution in [3.8, 4) is 0 Å². The van der Waals surface area contributed by atoms with Gasteiger partial charge in [-0.1, -0.05) is 6.07 Å². The lowest BCUT2D eigenvalue weighted by Crippen LogP contribution is -2.27. The van der Waals surface area contributed by atoms with E-state index in [1.807, 2.05) is 19.1 Å². The average Bonchev–Trinajstić information content (AvgIpc) is 2.55. The second-order valence-corrected chi connectivity index (χ2v) is 4.33. The van der Waals surface area contributed by atoms with Crippen molar-refractivity contribution < 1.29 is 18.3 Å². The van der Waals surface area contributed by atoms with Gasteiger partial charge in [-0.15, -0.1) is 0 Å². The maximum atomic E-state index is 12.9. The number of nitrogens with zero attached hydrogens (tertiary/aromatic N) is 1. The van der Waals surface area contributed by atoms with Crippen LogP contribution in [0.1, 0.15) is 17.7 Å². The molecule has 1 unspecified atom stereocenters. The maximum Gasteiger partial charge on any atom is 0.377 e. The monoisotopic (exact) mass is 256 g/mol. The van der Waals surface area contributed by atoms with Crippen LogP contribution in [0.4, 0.5) is 8.78 Å². The molecule has 1 aromatic heterocycles. The van der Waals surface area contributed by atoms with E-state index in [2.05, 4.69) is 15.0 Å². The molecule has 0 bridgehead atoms. The van der Waals surface area contributed by atoms with Crippen LogP contribution in [0.3, 0.4) is 0 Å². The number of esters is 1. The molecule has 0 radical (unpaired) electrons. The van der Waals surface area contributed by atoms with Crippen molar-refractivity contribution in [1.82, 2.24) is 10.3 Å². The van der Waals surface area contributed by atoms with Crippen molar-refractivity contribution in [1.29, 1.82) is 0 Å². The number of nitrogens with one attached hydrogen (secondary N) is 1. The molecule has 0 spiro atoms. The summed E-state index contributed by atoms with van der Waals surface area (Å²) >= 11 is 0. The highest BCUT2D eigenvalue weighted by atomic mass is 19.3. The molecule has 0 aromatic carbocycles. The standard InChI is InChI=1S/C12H14F2N2O2/c1-8-3-2-4-16-10(8)7-15-6-9-5-12(13,14)11(17)18-9/h2-4,9,15H,5-7H2,1H3. The van der Waals surface area contributed by atoms with Crippen LogP contribution in [0.15, 0.2) is 18.3 Å². The molecule has 6 heteroatoms. The Morgan fingerprint density at radius 1 is 1.61 bits per heavy atom. The molecule has 4 nitrogen and oxygen atoms in total. The minimum Gasteiger partial charge on any atom is -0.456 e. The summed E-state index contributed by atoms with van der Waals surface area (Å²) in [7, 11) is 0. The van der Waals surface area contributed by atoms with Crippen LogP contribution < -0.4 is 5.32 Å². The number of carbonyl (C=O) groups excluding carboxylic acids is 1. The molecule has 1 atom stereocenters. The first kappa shape index (κ1) is 12.9. The fourth-order valence-corrected chi connectivity index (χ4v) is 1.82. The van der Waals surface area contributed by atoms with Gasteiger partial charge in [-0.2, -0.15) is 8.78 Å². The Morgan fingerprint density at radius 2 is 2.39 bits per heavy atom. The van der Waals surface area contributed by atoms with Crippen molar-refractivity contribution in [2.24, 2.45) is 0 Å². The lowest BCUT2D eigenvalue weighted by molar-refractivity contribution is -0.159. The predicted octanol–water partition coefficient (Wildman–Crippen LogP) is 1.43. The van der Waals surface area contributed by atoms with Gasteiger partial charge in [-0.05, 0) is 18.6 Å². The summed E-state index contributed by atoms with van der Waals surface area (Å²) in [6.45, 7) is 2.59. The molecule has 0 amide bonds. The second kappa shape index (κ2) is 4.97. The third kappa shape index (κ3) is 2.81. The molecule has 1 aliphatic rings. The molecule has 1 fully saturated rings. The zero-order chi connectivity index (χ0) is 13.2. The number of aryl methyl sites for hydroxylation is 1. The summed E-state index contributed by atoms with van der Waals surface area (Å²) in [4.78, 5) is 14.9. The second-order valence-electron chi connectivity index (χ2n) is 4.33. The number of cyclic esters (lactones) is 1. The molecule has 1 aliphatic heterocycles. The van der Waals surface area contributed by atoms with Crippen LogP contribution in [-0.4, -0.2) is 29.5 Å². The summed E-state index contributed by atoms with van der Waals surface area (Å²) in [6, 6.07) is 3.76. The van der Waals surface area contributed by atoms with Gasteiger partial charge in [-0.25, -0.2) is 4.79 Å². The predicted molar refractivity (Wildman–Crippen MR) is 60.1 cm³/mol. The van der Waals surface area contributed by atoms with E-state index < -0.39 is 24.4 Å². The Hall–Kier alpha value is -1.56. The van der Waals surface area contributed by atoms with Gasteiger partial charge in [0.2, 0.25) is 0 Å². The largest absolute Gasteiger partial charge is 0.456 e. The van der Waals surface area contributed by atoms with E-state index in [9.17, 15) is 13.6 Å². The van der Waals surface area contributed by atoms with Gasteiger partial charge in [0.05, 0.1) is 12.1 Å². The smallest absolute Gasteiger partial charge is 0.377 e. The van der Waals surface area contributed by atoms with Gasteiger partial charge in [0, 0.05) is 19.3 Å². The summed E-state index contributed by atoms with van der Waals surface area (Å²) in [6.07, 6.45) is 0.352. The lowest BCUT2D eigenvalue weighted by Gasteiger charge is -2.10. The fraction of sp³-hybridized carbons (Fsp3) is 0.500. The molecule has 0 saturated carbocycles. The SMILES string of the molecule is Cc1cccnc1CNCC1CC(F)(F)C(=O)O1. The van der Waals surface area contributed by atoms with Gasteiger partial charge < -0.3 is 10.1 Å². The van der Waals surface area contributed by atoms with E-state index in [-0.39, 0.29) is 6.54 Å². The van der Waals surface area contributed by atoms with E-state index in [1.165, 1.54) is 0 Å². The number of halogens is 2. The number of hydrogen-bond donors (Lipinski definition) is 1. The van der Waals surface area contributed by atoms with Crippen LogP contribution in [0.5, 0.6) is 0 Å². The van der Waals surface area contributed by atoms with Crippen molar-refractivity contribution in [3.63, 3.8) is 0 Å². The van der Waals surface area contributed by atoms with Crippen LogP contribution in [-0.2, 0) is 16.1 Å². The first-order valence-electron chi connectivity index (χ1n) is 5.69. The van der Waals surface area contributed by atoms with Crippen molar-refractivity contribution in [3.05, 3.63) is 29.6 Å². The molecular weight excluding hydrogens is 242 g/mol. The molecule has 1 saturated heterocycles. The number of alkyl halides is 2. The highest BCUT2D eigenvalue weighted by Gasteiger charge is 2.50. The minimum atomic E-state index is -3.34. The number of rotatable bonds is 4. The quantitative estimate of drug-likeness (QED) is 0.828. The molecular formula is C12H14F2N2O2. The molecule has 1 N–H and O–H groups in total. The summed E-state index contributed by atoms with van der Waals surface area (Å²) in [5, 5.41) is 2.97. The minimum absolute atomic E-state index is 0.206. The van der Waals surface area contributed by atoms with E-state index >= 15 is 0 Å². The van der Waals surface area contributed by atoms with Crippen LogP contribution in [0.2, 0.25) is 0 Å². The third-order valence-electron chi connectivity index (χ3n) is 2.84. The van der Waals surface area contributed by atoms with Gasteiger partial charge in [-0.3, -0.25) is 4.98 Å². The van der Waals surface area contributed by atoms with Crippen LogP contribution >= 0.6 is 0 Å². The Kier molecular flexibility index (Phi) is 3.56. The molecule has 18 heavy (non-hydrogen) atoms. The van der Waals surface area contributed by atoms with Crippen molar-refractivity contribution in [2.45, 2.75) is 31.9 Å². The molecule has 2 heterocycles. The van der Waals surface area contributed by atoms with Crippen molar-refractivity contribution in [2.75, 3.05) is 6.54 Å². The Bertz CT molecular complexity index is 451. The number of hydrogen-bond acceptors (Lipinski definition) is 4. The van der Waals surface area contributed by atoms with Gasteiger partial charge >= 0.3 is 11.9 Å². The van der Waals surface area contributed by atoms with E-state index in [0.717, 1.165) is 11.3 Å². The Balaban J connectivity index is 1.81. The first-order valence-corrected chi connectivity index (χ1v) is 5.69. The molecule has 1 aromatic rings. The number of ether oxygens (including phenoxy) is 1. The first-order chi connectivity index (χ1) is 8.49.